The van der Waals surface area contributed by atoms with Crippen molar-refractivity contribution in [2.45, 2.75) is 25.0 Å². The van der Waals surface area contributed by atoms with Crippen molar-refractivity contribution in [2.75, 3.05) is 38.7 Å². The number of piperidine rings is 1. The van der Waals surface area contributed by atoms with Crippen LogP contribution in [0, 0.1) is 0 Å². The maximum Gasteiger partial charge on any atom is 0.340 e. The molecule has 0 unspecified atom stereocenters. The van der Waals surface area contributed by atoms with Gasteiger partial charge in [0.05, 0.1) is 25.9 Å². The first-order chi connectivity index (χ1) is 14.1. The van der Waals surface area contributed by atoms with Gasteiger partial charge in [-0.2, -0.15) is 0 Å². The third-order valence-corrected chi connectivity index (χ3v) is 6.67. The molecular formula is C21H24N2O4S2. The Morgan fingerprint density at radius 1 is 1.24 bits per heavy atom. The predicted molar refractivity (Wildman–Crippen MR) is 117 cm³/mol. The molecule has 8 heteroatoms. The molecule has 2 aliphatic rings. The monoisotopic (exact) mass is 432 g/mol. The first-order valence-corrected chi connectivity index (χ1v) is 10.9. The van der Waals surface area contributed by atoms with Crippen LogP contribution in [0.1, 0.15) is 33.6 Å². The number of nitrogens with one attached hydrogen (secondary N) is 1. The number of hydrogen-bond donors (Lipinski definition) is 1. The van der Waals surface area contributed by atoms with E-state index >= 15 is 0 Å². The summed E-state index contributed by atoms with van der Waals surface area (Å²) in [6.45, 7) is 2.82. The molecule has 3 heterocycles. The fraction of sp³-hybridized carbons (Fsp3) is 0.429. The van der Waals surface area contributed by atoms with Crippen LogP contribution in [0.2, 0.25) is 0 Å². The molecule has 1 aromatic carbocycles. The summed E-state index contributed by atoms with van der Waals surface area (Å²) in [5, 5.41) is 4.61. The van der Waals surface area contributed by atoms with Gasteiger partial charge in [0, 0.05) is 37.2 Å². The average Bonchev–Trinajstić information content (AvgIpc) is 3.36. The van der Waals surface area contributed by atoms with Gasteiger partial charge in [0.1, 0.15) is 5.00 Å². The summed E-state index contributed by atoms with van der Waals surface area (Å²) in [7, 11) is 1.39. The number of thiocarbonyl (C=S) groups is 1. The second kappa shape index (κ2) is 8.79. The van der Waals surface area contributed by atoms with Crippen molar-refractivity contribution in [3.05, 3.63) is 52.4 Å². The predicted octanol–water partition coefficient (Wildman–Crippen LogP) is 3.66. The van der Waals surface area contributed by atoms with Crippen molar-refractivity contribution in [2.24, 2.45) is 0 Å². The van der Waals surface area contributed by atoms with E-state index in [9.17, 15) is 4.79 Å². The minimum absolute atomic E-state index is 0.365. The molecule has 154 valence electrons. The van der Waals surface area contributed by atoms with Gasteiger partial charge in [-0.25, -0.2) is 4.79 Å². The number of carbonyl (C=O) groups excluding carboxylic acids is 1. The fourth-order valence-electron chi connectivity index (χ4n) is 3.69. The number of benzene rings is 1. The van der Waals surface area contributed by atoms with Gasteiger partial charge in [-0.3, -0.25) is 0 Å². The summed E-state index contributed by atoms with van der Waals surface area (Å²) in [5.74, 6) is -0.800. The SMILES string of the molecule is COC(=O)c1cc(Cc2ccccc2)sc1NC(=S)N1CCC2(CC1)OCCO2. The van der Waals surface area contributed by atoms with E-state index in [0.29, 0.717) is 23.9 Å². The summed E-state index contributed by atoms with van der Waals surface area (Å²) in [6, 6.07) is 12.1. The normalized spacial score (nSPS) is 18.0. The average molecular weight is 433 g/mol. The summed E-state index contributed by atoms with van der Waals surface area (Å²) >= 11 is 7.16. The molecule has 1 aromatic heterocycles. The Kier molecular flexibility index (Phi) is 6.15. The molecule has 2 aliphatic heterocycles. The third kappa shape index (κ3) is 4.61. The van der Waals surface area contributed by atoms with Crippen LogP contribution in [0.3, 0.4) is 0 Å². The van der Waals surface area contributed by atoms with Crippen LogP contribution in [0.5, 0.6) is 0 Å². The number of nitrogens with zero attached hydrogens (tertiary/aromatic N) is 1. The van der Waals surface area contributed by atoms with Crippen LogP contribution in [-0.2, 0) is 20.6 Å². The van der Waals surface area contributed by atoms with Crippen molar-refractivity contribution in [3.8, 4) is 0 Å². The van der Waals surface area contributed by atoms with Crippen LogP contribution >= 0.6 is 23.6 Å². The van der Waals surface area contributed by atoms with Gasteiger partial charge in [-0.15, -0.1) is 11.3 Å². The highest BCUT2D eigenvalue weighted by Gasteiger charge is 2.40. The molecule has 29 heavy (non-hydrogen) atoms. The summed E-state index contributed by atoms with van der Waals surface area (Å²) in [6.07, 6.45) is 2.32. The number of anilines is 1. The first kappa shape index (κ1) is 20.3. The van der Waals surface area contributed by atoms with Crippen molar-refractivity contribution < 1.29 is 19.0 Å². The minimum atomic E-state index is -0.435. The lowest BCUT2D eigenvalue weighted by Gasteiger charge is -2.38. The Bertz CT molecular complexity index is 868. The largest absolute Gasteiger partial charge is 0.465 e. The zero-order chi connectivity index (χ0) is 20.3. The van der Waals surface area contributed by atoms with Gasteiger partial charge in [0.25, 0.3) is 0 Å². The van der Waals surface area contributed by atoms with Crippen LogP contribution in [0.25, 0.3) is 0 Å². The maximum absolute atomic E-state index is 12.3. The van der Waals surface area contributed by atoms with E-state index in [4.69, 9.17) is 26.4 Å². The van der Waals surface area contributed by atoms with E-state index in [1.807, 2.05) is 24.3 Å². The quantitative estimate of drug-likeness (QED) is 0.584. The molecule has 4 rings (SSSR count). The Morgan fingerprint density at radius 2 is 1.93 bits per heavy atom. The zero-order valence-electron chi connectivity index (χ0n) is 16.3. The fourth-order valence-corrected chi connectivity index (χ4v) is 5.12. The lowest BCUT2D eigenvalue weighted by molar-refractivity contribution is -0.180. The molecule has 0 bridgehead atoms. The molecule has 2 aromatic rings. The van der Waals surface area contributed by atoms with E-state index in [0.717, 1.165) is 42.2 Å². The van der Waals surface area contributed by atoms with Crippen molar-refractivity contribution in [1.82, 2.24) is 4.90 Å². The number of hydrogen-bond acceptors (Lipinski definition) is 6. The lowest BCUT2D eigenvalue weighted by atomic mass is 10.0. The molecular weight excluding hydrogens is 408 g/mol. The van der Waals surface area contributed by atoms with Crippen molar-refractivity contribution in [3.63, 3.8) is 0 Å². The Morgan fingerprint density at radius 3 is 2.59 bits per heavy atom. The topological polar surface area (TPSA) is 60.0 Å². The minimum Gasteiger partial charge on any atom is -0.465 e. The van der Waals surface area contributed by atoms with Crippen LogP contribution in [-0.4, -0.2) is 55.2 Å². The molecule has 0 atom stereocenters. The third-order valence-electron chi connectivity index (χ3n) is 5.26. The van der Waals surface area contributed by atoms with E-state index in [2.05, 4.69) is 22.3 Å². The Hall–Kier alpha value is -2.00. The number of esters is 1. The van der Waals surface area contributed by atoms with Crippen LogP contribution < -0.4 is 5.32 Å². The smallest absolute Gasteiger partial charge is 0.340 e. The highest BCUT2D eigenvalue weighted by molar-refractivity contribution is 7.80. The van der Waals surface area contributed by atoms with E-state index < -0.39 is 5.79 Å². The lowest BCUT2D eigenvalue weighted by Crippen LogP contribution is -2.48. The van der Waals surface area contributed by atoms with E-state index in [1.54, 1.807) is 0 Å². The summed E-state index contributed by atoms with van der Waals surface area (Å²) in [4.78, 5) is 15.5. The molecule has 1 N–H and O–H groups in total. The van der Waals surface area contributed by atoms with E-state index in [1.165, 1.54) is 24.0 Å². The van der Waals surface area contributed by atoms with Gasteiger partial charge in [-0.05, 0) is 23.8 Å². The molecule has 6 nitrogen and oxygen atoms in total. The molecule has 2 fully saturated rings. The molecule has 0 radical (unpaired) electrons. The number of rotatable bonds is 4. The van der Waals surface area contributed by atoms with Gasteiger partial charge < -0.3 is 24.4 Å². The molecule has 1 spiro atoms. The summed E-state index contributed by atoms with van der Waals surface area (Å²) < 4.78 is 16.5. The first-order valence-electron chi connectivity index (χ1n) is 9.67. The van der Waals surface area contributed by atoms with Gasteiger partial charge in [0.15, 0.2) is 10.9 Å². The highest BCUT2D eigenvalue weighted by atomic mass is 32.1. The second-order valence-electron chi connectivity index (χ2n) is 7.13. The van der Waals surface area contributed by atoms with Crippen molar-refractivity contribution in [1.29, 1.82) is 0 Å². The standard InChI is InChI=1S/C21H24N2O4S2/c1-25-19(24)17-14-16(13-15-5-3-2-4-6-15)29-18(17)22-20(28)23-9-7-21(8-10-23)26-11-12-27-21/h2-6,14H,7-13H2,1H3,(H,22,28). The Labute approximate surface area is 179 Å². The number of carbonyl (C=O) groups is 1. The second-order valence-corrected chi connectivity index (χ2v) is 8.66. The van der Waals surface area contributed by atoms with Gasteiger partial charge in [0.2, 0.25) is 0 Å². The summed E-state index contributed by atoms with van der Waals surface area (Å²) in [5.41, 5.74) is 1.71. The molecule has 0 saturated carbocycles. The number of thiophene rings is 1. The Balaban J connectivity index is 1.45. The molecule has 0 amide bonds. The molecule has 2 saturated heterocycles. The maximum atomic E-state index is 12.3. The number of ether oxygens (including phenoxy) is 3. The van der Waals surface area contributed by atoms with Crippen LogP contribution in [0.4, 0.5) is 5.00 Å². The van der Waals surface area contributed by atoms with Gasteiger partial charge in [-0.1, -0.05) is 30.3 Å². The van der Waals surface area contributed by atoms with Crippen LogP contribution in [0.15, 0.2) is 36.4 Å². The van der Waals surface area contributed by atoms with Gasteiger partial charge >= 0.3 is 5.97 Å². The molecule has 0 aliphatic carbocycles. The van der Waals surface area contributed by atoms with E-state index in [-0.39, 0.29) is 5.97 Å². The van der Waals surface area contributed by atoms with Crippen molar-refractivity contribution >= 4 is 39.6 Å². The number of likely N-dealkylation sites (tertiary alicyclic amines) is 1. The highest BCUT2D eigenvalue weighted by Crippen LogP contribution is 2.33. The zero-order valence-corrected chi connectivity index (χ0v) is 17.9. The number of methoxy groups -OCH3 is 1.